The summed E-state index contributed by atoms with van der Waals surface area (Å²) in [5, 5.41) is 12.7. The Bertz CT molecular complexity index is 1100. The molecule has 2 heterocycles. The molecular weight excluding hydrogens is 360 g/mol. The van der Waals surface area contributed by atoms with Crippen LogP contribution in [0.25, 0.3) is 11.0 Å². The van der Waals surface area contributed by atoms with Gasteiger partial charge in [-0.05, 0) is 38.0 Å². The Balaban J connectivity index is 1.80. The number of carbonyl (C=O) groups is 1. The van der Waals surface area contributed by atoms with Crippen molar-refractivity contribution >= 4 is 33.3 Å². The van der Waals surface area contributed by atoms with Gasteiger partial charge in [0.05, 0.1) is 16.6 Å². The summed E-state index contributed by atoms with van der Waals surface area (Å²) in [5.74, 6) is -0.202. The summed E-state index contributed by atoms with van der Waals surface area (Å²) >= 11 is 1.40. The maximum absolute atomic E-state index is 12.8. The van der Waals surface area contributed by atoms with E-state index in [4.69, 9.17) is 0 Å². The lowest BCUT2D eigenvalue weighted by molar-refractivity contribution is -0.116. The average Bonchev–Trinajstić information content (AvgIpc) is 3.07. The minimum atomic E-state index is -0.202. The molecule has 0 saturated carbocycles. The van der Waals surface area contributed by atoms with Gasteiger partial charge in [0.25, 0.3) is 0 Å². The van der Waals surface area contributed by atoms with Crippen LogP contribution in [-0.2, 0) is 17.9 Å². The topological polar surface area (TPSA) is 79.8 Å². The number of fused-ring (bicyclic) bond motifs is 1. The summed E-state index contributed by atoms with van der Waals surface area (Å²) in [6.07, 6.45) is 1.03. The number of hydrogen-bond donors (Lipinski definition) is 1. The smallest absolute Gasteiger partial charge is 0.317 e. The molecular formula is C20H22N4O2S. The number of benzene rings is 1. The quantitative estimate of drug-likeness (QED) is 0.704. The zero-order valence-electron chi connectivity index (χ0n) is 15.7. The first-order chi connectivity index (χ1) is 13.0. The summed E-state index contributed by atoms with van der Waals surface area (Å²) < 4.78 is 3.41. The first-order valence-electron chi connectivity index (χ1n) is 8.95. The second-order valence-electron chi connectivity index (χ2n) is 6.47. The number of imidazole rings is 1. The molecule has 3 rings (SSSR count). The van der Waals surface area contributed by atoms with Crippen molar-refractivity contribution in [2.75, 3.05) is 5.32 Å². The average molecular weight is 382 g/mol. The van der Waals surface area contributed by atoms with Crippen LogP contribution in [0.5, 0.6) is 0 Å². The number of aryl methyl sites for hydroxylation is 3. The summed E-state index contributed by atoms with van der Waals surface area (Å²) in [6, 6.07) is 9.79. The zero-order chi connectivity index (χ0) is 19.6. The van der Waals surface area contributed by atoms with Gasteiger partial charge in [0.1, 0.15) is 11.1 Å². The van der Waals surface area contributed by atoms with Gasteiger partial charge < -0.3 is 5.32 Å². The van der Waals surface area contributed by atoms with Crippen molar-refractivity contribution in [3.8, 4) is 6.07 Å². The molecule has 0 spiro atoms. The summed E-state index contributed by atoms with van der Waals surface area (Å²) in [4.78, 5) is 26.2. The number of rotatable bonds is 6. The summed E-state index contributed by atoms with van der Waals surface area (Å²) in [6.45, 7) is 6.79. The van der Waals surface area contributed by atoms with Crippen LogP contribution in [0.1, 0.15) is 35.8 Å². The molecule has 0 bridgehead atoms. The van der Waals surface area contributed by atoms with Gasteiger partial charge >= 0.3 is 5.69 Å². The molecule has 1 N–H and O–H groups in total. The number of nitriles is 1. The first-order valence-corrected chi connectivity index (χ1v) is 9.77. The number of para-hydroxylation sites is 2. The molecule has 140 valence electrons. The Morgan fingerprint density at radius 1 is 1.19 bits per heavy atom. The monoisotopic (exact) mass is 382 g/mol. The lowest BCUT2D eigenvalue weighted by Gasteiger charge is -2.05. The van der Waals surface area contributed by atoms with Gasteiger partial charge in [-0.25, -0.2) is 4.79 Å². The number of aromatic nitrogens is 2. The molecule has 0 aliphatic rings. The van der Waals surface area contributed by atoms with Crippen LogP contribution in [0, 0.1) is 25.2 Å². The molecule has 0 saturated heterocycles. The highest BCUT2D eigenvalue weighted by molar-refractivity contribution is 7.16. The van der Waals surface area contributed by atoms with Crippen LogP contribution < -0.4 is 11.0 Å². The number of nitrogens with one attached hydrogen (secondary N) is 1. The standard InChI is InChI=1S/C20H22N4O2S/c1-4-10-23-16-7-5-6-8-17(16)24(20(23)26)11-9-18(25)22-19-15(12-21)13(2)14(3)27-19/h5-8H,4,9-11H2,1-3H3,(H,22,25). The molecule has 0 unspecified atom stereocenters. The highest BCUT2D eigenvalue weighted by Crippen LogP contribution is 2.31. The molecule has 0 aliphatic heterocycles. The van der Waals surface area contributed by atoms with Crippen LogP contribution in [0.15, 0.2) is 29.1 Å². The SMILES string of the molecule is CCCn1c(=O)n(CCC(=O)Nc2sc(C)c(C)c2C#N)c2ccccc21. The second kappa shape index (κ2) is 7.80. The number of hydrogen-bond acceptors (Lipinski definition) is 4. The molecule has 3 aromatic rings. The summed E-state index contributed by atoms with van der Waals surface area (Å²) in [7, 11) is 0. The van der Waals surface area contributed by atoms with Crippen molar-refractivity contribution in [3.63, 3.8) is 0 Å². The van der Waals surface area contributed by atoms with Crippen LogP contribution in [-0.4, -0.2) is 15.0 Å². The van der Waals surface area contributed by atoms with Gasteiger partial charge in [0, 0.05) is 24.4 Å². The Kier molecular flexibility index (Phi) is 5.47. The largest absolute Gasteiger partial charge is 0.329 e. The number of thiophene rings is 1. The fraction of sp³-hybridized carbons (Fsp3) is 0.350. The lowest BCUT2D eigenvalue weighted by atomic mass is 10.2. The van der Waals surface area contributed by atoms with E-state index in [0.29, 0.717) is 23.7 Å². The van der Waals surface area contributed by atoms with Gasteiger partial charge in [-0.1, -0.05) is 19.1 Å². The van der Waals surface area contributed by atoms with Crippen LogP contribution >= 0.6 is 11.3 Å². The molecule has 2 aromatic heterocycles. The van der Waals surface area contributed by atoms with E-state index in [0.717, 1.165) is 27.9 Å². The van der Waals surface area contributed by atoms with Crippen LogP contribution in [0.2, 0.25) is 0 Å². The maximum atomic E-state index is 12.8. The third-order valence-corrected chi connectivity index (χ3v) is 5.81. The Morgan fingerprint density at radius 3 is 2.41 bits per heavy atom. The fourth-order valence-electron chi connectivity index (χ4n) is 3.18. The molecule has 7 heteroatoms. The molecule has 0 fully saturated rings. The number of nitrogens with zero attached hydrogens (tertiary/aromatic N) is 3. The van der Waals surface area contributed by atoms with Gasteiger partial charge in [-0.3, -0.25) is 13.9 Å². The number of anilines is 1. The van der Waals surface area contributed by atoms with Gasteiger partial charge in [-0.15, -0.1) is 11.3 Å². The van der Waals surface area contributed by atoms with Crippen molar-refractivity contribution in [3.05, 3.63) is 50.8 Å². The van der Waals surface area contributed by atoms with Crippen molar-refractivity contribution < 1.29 is 4.79 Å². The Labute approximate surface area is 161 Å². The van der Waals surface area contributed by atoms with Crippen LogP contribution in [0.4, 0.5) is 5.00 Å². The number of carbonyl (C=O) groups excluding carboxylic acids is 1. The van der Waals surface area contributed by atoms with Crippen molar-refractivity contribution in [1.82, 2.24) is 9.13 Å². The highest BCUT2D eigenvalue weighted by atomic mass is 32.1. The molecule has 27 heavy (non-hydrogen) atoms. The fourth-order valence-corrected chi connectivity index (χ4v) is 4.21. The van der Waals surface area contributed by atoms with Crippen molar-refractivity contribution in [2.24, 2.45) is 0 Å². The minimum Gasteiger partial charge on any atom is -0.317 e. The first kappa shape index (κ1) is 18.9. The predicted octanol–water partition coefficient (Wildman–Crippen LogP) is 3.79. The molecule has 0 atom stereocenters. The van der Waals surface area contributed by atoms with E-state index in [1.807, 2.05) is 45.0 Å². The van der Waals surface area contributed by atoms with Gasteiger partial charge in [0.2, 0.25) is 5.91 Å². The minimum absolute atomic E-state index is 0.0913. The van der Waals surface area contributed by atoms with Gasteiger partial charge in [0.15, 0.2) is 0 Å². The third kappa shape index (κ3) is 3.53. The van der Waals surface area contributed by atoms with Crippen molar-refractivity contribution in [2.45, 2.75) is 46.7 Å². The zero-order valence-corrected chi connectivity index (χ0v) is 16.5. The van der Waals surface area contributed by atoms with Gasteiger partial charge in [-0.2, -0.15) is 5.26 Å². The van der Waals surface area contributed by atoms with E-state index in [2.05, 4.69) is 11.4 Å². The van der Waals surface area contributed by atoms with E-state index < -0.39 is 0 Å². The van der Waals surface area contributed by atoms with E-state index >= 15 is 0 Å². The molecule has 0 aliphatic carbocycles. The van der Waals surface area contributed by atoms with E-state index in [-0.39, 0.29) is 18.0 Å². The van der Waals surface area contributed by atoms with E-state index in [9.17, 15) is 14.9 Å². The second-order valence-corrected chi connectivity index (χ2v) is 7.70. The normalized spacial score (nSPS) is 10.9. The maximum Gasteiger partial charge on any atom is 0.329 e. The lowest BCUT2D eigenvalue weighted by Crippen LogP contribution is -2.26. The molecule has 1 amide bonds. The third-order valence-electron chi connectivity index (χ3n) is 4.68. The Morgan fingerprint density at radius 2 is 1.81 bits per heavy atom. The van der Waals surface area contributed by atoms with Crippen LogP contribution in [0.3, 0.4) is 0 Å². The van der Waals surface area contributed by atoms with Crippen molar-refractivity contribution in [1.29, 1.82) is 5.26 Å². The molecule has 6 nitrogen and oxygen atoms in total. The highest BCUT2D eigenvalue weighted by Gasteiger charge is 2.16. The van der Waals surface area contributed by atoms with E-state index in [1.54, 1.807) is 9.13 Å². The van der Waals surface area contributed by atoms with E-state index in [1.165, 1.54) is 11.3 Å². The molecule has 1 aromatic carbocycles. The predicted molar refractivity (Wildman–Crippen MR) is 108 cm³/mol. The molecule has 0 radical (unpaired) electrons. The number of amides is 1. The Hall–Kier alpha value is -2.85. The summed E-state index contributed by atoms with van der Waals surface area (Å²) in [5.41, 5.74) is 3.05.